The Morgan fingerprint density at radius 2 is 2.00 bits per heavy atom. The largest absolute Gasteiger partial charge is 0.478 e. The molecule has 2 bridgehead atoms. The fourth-order valence-electron chi connectivity index (χ4n) is 4.13. The number of ether oxygens (including phenoxy) is 1. The van der Waals surface area contributed by atoms with Crippen LogP contribution >= 0.6 is 0 Å². The molecule has 2 aliphatic heterocycles. The number of rotatable bonds is 9. The molecule has 4 atom stereocenters. The third kappa shape index (κ3) is 4.95. The number of fused-ring (bicyclic) bond motifs is 2. The summed E-state index contributed by atoms with van der Waals surface area (Å²) < 4.78 is 6.08. The number of amides is 1. The molecule has 2 fully saturated rings. The molecule has 2 N–H and O–H groups in total. The number of benzene rings is 1. The van der Waals surface area contributed by atoms with Gasteiger partial charge in [-0.2, -0.15) is 5.10 Å². The Bertz CT molecular complexity index is 686. The molecule has 1 aromatic carbocycles. The molecule has 0 aromatic heterocycles. The van der Waals surface area contributed by atoms with E-state index >= 15 is 0 Å². The Kier molecular flexibility index (Phi) is 6.61. The molecule has 2 heterocycles. The van der Waals surface area contributed by atoms with Gasteiger partial charge in [0.2, 0.25) is 5.91 Å². The van der Waals surface area contributed by atoms with Crippen molar-refractivity contribution in [1.29, 1.82) is 0 Å². The Morgan fingerprint density at radius 1 is 1.26 bits per heavy atom. The fourth-order valence-corrected chi connectivity index (χ4v) is 4.13. The molecule has 2 saturated heterocycles. The van der Waals surface area contributed by atoms with Gasteiger partial charge in [0.05, 0.1) is 17.8 Å². The molecule has 146 valence electrons. The van der Waals surface area contributed by atoms with Crippen molar-refractivity contribution in [3.05, 3.63) is 35.4 Å². The third-order valence-corrected chi connectivity index (χ3v) is 5.65. The lowest BCUT2D eigenvalue weighted by atomic mass is 9.77. The first-order valence-corrected chi connectivity index (χ1v) is 9.88. The van der Waals surface area contributed by atoms with Gasteiger partial charge in [-0.25, -0.2) is 10.2 Å². The van der Waals surface area contributed by atoms with Crippen LogP contribution in [0.2, 0.25) is 0 Å². The molecule has 0 unspecified atom stereocenters. The van der Waals surface area contributed by atoms with E-state index < -0.39 is 5.97 Å². The van der Waals surface area contributed by atoms with Crippen molar-refractivity contribution in [2.45, 2.75) is 64.1 Å². The van der Waals surface area contributed by atoms with E-state index in [0.717, 1.165) is 44.1 Å². The Labute approximate surface area is 160 Å². The number of carbonyl (C=O) groups excluding carboxylic acids is 1. The minimum atomic E-state index is -0.902. The van der Waals surface area contributed by atoms with Gasteiger partial charge in [0.1, 0.15) is 0 Å². The summed E-state index contributed by atoms with van der Waals surface area (Å²) in [5.74, 6) is -0.319. The van der Waals surface area contributed by atoms with E-state index in [0.29, 0.717) is 17.9 Å². The van der Waals surface area contributed by atoms with E-state index in [2.05, 4.69) is 17.5 Å². The van der Waals surface area contributed by atoms with Gasteiger partial charge in [-0.15, -0.1) is 0 Å². The molecule has 6 nitrogen and oxygen atoms in total. The van der Waals surface area contributed by atoms with Crippen molar-refractivity contribution < 1.29 is 19.4 Å². The molecule has 2 aliphatic rings. The lowest BCUT2D eigenvalue weighted by molar-refractivity contribution is -0.121. The van der Waals surface area contributed by atoms with Crippen LogP contribution in [0.1, 0.15) is 61.4 Å². The average molecular weight is 372 g/mol. The van der Waals surface area contributed by atoms with E-state index in [-0.39, 0.29) is 24.0 Å². The number of unbranched alkanes of at least 4 members (excludes halogenated alkanes) is 1. The highest BCUT2D eigenvalue weighted by atomic mass is 16.5. The lowest BCUT2D eigenvalue weighted by Gasteiger charge is -2.25. The monoisotopic (exact) mass is 372 g/mol. The molecular weight excluding hydrogens is 344 g/mol. The molecule has 0 radical (unpaired) electrons. The normalized spacial score (nSPS) is 26.6. The lowest BCUT2D eigenvalue weighted by Crippen LogP contribution is -2.30. The number of nitrogens with one attached hydrogen (secondary N) is 1. The van der Waals surface area contributed by atoms with Gasteiger partial charge in [0, 0.05) is 18.6 Å². The Morgan fingerprint density at radius 3 is 2.70 bits per heavy atom. The number of carbonyl (C=O) groups is 2. The highest BCUT2D eigenvalue weighted by Gasteiger charge is 2.47. The summed E-state index contributed by atoms with van der Waals surface area (Å²) in [4.78, 5) is 22.7. The first kappa shape index (κ1) is 19.5. The van der Waals surface area contributed by atoms with Gasteiger partial charge in [-0.05, 0) is 55.7 Å². The molecule has 0 saturated carbocycles. The molecule has 3 rings (SSSR count). The summed E-state index contributed by atoms with van der Waals surface area (Å²) >= 11 is 0. The quantitative estimate of drug-likeness (QED) is 0.514. The van der Waals surface area contributed by atoms with Crippen molar-refractivity contribution in [2.24, 2.45) is 16.9 Å². The maximum absolute atomic E-state index is 11.7. The summed E-state index contributed by atoms with van der Waals surface area (Å²) in [6.07, 6.45) is 8.69. The molecule has 27 heavy (non-hydrogen) atoms. The number of aromatic carboxylic acids is 1. The van der Waals surface area contributed by atoms with E-state index in [1.54, 1.807) is 12.1 Å². The summed E-state index contributed by atoms with van der Waals surface area (Å²) in [5.41, 5.74) is 4.08. The number of carboxylic acid groups (broad SMARTS) is 1. The molecule has 1 amide bonds. The minimum Gasteiger partial charge on any atom is -0.478 e. The smallest absolute Gasteiger partial charge is 0.335 e. The summed E-state index contributed by atoms with van der Waals surface area (Å²) in [6.45, 7) is 2.06. The van der Waals surface area contributed by atoms with Crippen molar-refractivity contribution >= 4 is 18.1 Å². The zero-order valence-corrected chi connectivity index (χ0v) is 15.8. The van der Waals surface area contributed by atoms with Crippen LogP contribution in [0, 0.1) is 11.8 Å². The highest BCUT2D eigenvalue weighted by molar-refractivity contribution is 5.87. The van der Waals surface area contributed by atoms with Gasteiger partial charge in [0.25, 0.3) is 0 Å². The predicted octanol–water partition coefficient (Wildman–Crippen LogP) is 3.40. The van der Waals surface area contributed by atoms with Crippen molar-refractivity contribution in [3.8, 4) is 0 Å². The van der Waals surface area contributed by atoms with Crippen LogP contribution in [0.15, 0.2) is 29.4 Å². The molecular formula is C21H28N2O4. The zero-order chi connectivity index (χ0) is 19.2. The minimum absolute atomic E-state index is 0.0350. The van der Waals surface area contributed by atoms with Crippen molar-refractivity contribution in [2.75, 3.05) is 0 Å². The second-order valence-corrected chi connectivity index (χ2v) is 7.49. The van der Waals surface area contributed by atoms with E-state index in [1.165, 1.54) is 0 Å². The first-order valence-electron chi connectivity index (χ1n) is 9.88. The van der Waals surface area contributed by atoms with E-state index in [9.17, 15) is 9.59 Å². The maximum atomic E-state index is 11.7. The standard InChI is InChI=1S/C21H28N2O4/c1-2-3-4-20(24)23-22-13-17-16(18-11-12-19(17)27-18)10-7-14-5-8-15(9-6-14)21(25)26/h5-6,8-9,13,16-19H,2-4,7,10-12H2,1H3,(H,23,24)(H,25,26)/t16-,17-,18+,19-/m0/s1. The van der Waals surface area contributed by atoms with Crippen LogP contribution in [0.3, 0.4) is 0 Å². The van der Waals surface area contributed by atoms with Gasteiger partial charge in [-0.1, -0.05) is 25.5 Å². The van der Waals surface area contributed by atoms with Crippen LogP contribution in [-0.4, -0.2) is 35.4 Å². The summed E-state index contributed by atoms with van der Waals surface area (Å²) in [7, 11) is 0. The number of nitrogens with zero attached hydrogens (tertiary/aromatic N) is 1. The second kappa shape index (κ2) is 9.13. The topological polar surface area (TPSA) is 88.0 Å². The molecule has 0 aliphatic carbocycles. The van der Waals surface area contributed by atoms with Crippen LogP contribution in [0.5, 0.6) is 0 Å². The zero-order valence-electron chi connectivity index (χ0n) is 15.8. The van der Waals surface area contributed by atoms with Gasteiger partial charge in [0.15, 0.2) is 0 Å². The number of carboxylic acids is 1. The second-order valence-electron chi connectivity index (χ2n) is 7.49. The SMILES string of the molecule is CCCCC(=O)NN=C[C@H]1[C@H](CCc2ccc(C(=O)O)cc2)[C@H]2CC[C@@H]1O2. The molecule has 1 aromatic rings. The van der Waals surface area contributed by atoms with Crippen LogP contribution in [0.25, 0.3) is 0 Å². The van der Waals surface area contributed by atoms with Crippen LogP contribution in [-0.2, 0) is 16.0 Å². The van der Waals surface area contributed by atoms with Crippen LogP contribution < -0.4 is 5.43 Å². The average Bonchev–Trinajstić information content (AvgIpc) is 3.27. The third-order valence-electron chi connectivity index (χ3n) is 5.65. The van der Waals surface area contributed by atoms with Crippen molar-refractivity contribution in [3.63, 3.8) is 0 Å². The van der Waals surface area contributed by atoms with Crippen molar-refractivity contribution in [1.82, 2.24) is 5.43 Å². The van der Waals surface area contributed by atoms with Gasteiger partial charge < -0.3 is 9.84 Å². The molecule has 0 spiro atoms. The first-order chi connectivity index (χ1) is 13.1. The molecule has 6 heteroatoms. The number of aryl methyl sites for hydroxylation is 1. The number of hydrogen-bond donors (Lipinski definition) is 2. The predicted molar refractivity (Wildman–Crippen MR) is 103 cm³/mol. The summed E-state index contributed by atoms with van der Waals surface area (Å²) in [6, 6.07) is 7.07. The summed E-state index contributed by atoms with van der Waals surface area (Å²) in [5, 5.41) is 13.2. The fraction of sp³-hybridized carbons (Fsp3) is 0.571. The highest BCUT2D eigenvalue weighted by Crippen LogP contribution is 2.44. The number of hydrogen-bond acceptors (Lipinski definition) is 4. The van der Waals surface area contributed by atoms with Gasteiger partial charge >= 0.3 is 5.97 Å². The van der Waals surface area contributed by atoms with E-state index in [1.807, 2.05) is 18.3 Å². The van der Waals surface area contributed by atoms with Gasteiger partial charge in [-0.3, -0.25) is 4.79 Å². The Hall–Kier alpha value is -2.21. The van der Waals surface area contributed by atoms with E-state index in [4.69, 9.17) is 9.84 Å². The maximum Gasteiger partial charge on any atom is 0.335 e. The van der Waals surface area contributed by atoms with Crippen LogP contribution in [0.4, 0.5) is 0 Å². The number of hydrazone groups is 1. The Balaban J connectivity index is 1.55.